The van der Waals surface area contributed by atoms with Crippen molar-refractivity contribution in [2.75, 3.05) is 14.2 Å². The fourth-order valence-electron chi connectivity index (χ4n) is 2.10. The first-order valence-electron chi connectivity index (χ1n) is 7.45. The summed E-state index contributed by atoms with van der Waals surface area (Å²) in [5.74, 6) is -0.656. The molecule has 138 valence electrons. The topological polar surface area (TPSA) is 72.8 Å². The van der Waals surface area contributed by atoms with E-state index in [0.717, 1.165) is 6.07 Å². The van der Waals surface area contributed by atoms with Gasteiger partial charge >= 0.3 is 6.18 Å². The lowest BCUT2D eigenvalue weighted by Crippen LogP contribution is -2.29. The normalized spacial score (nSPS) is 11.8. The summed E-state index contributed by atoms with van der Waals surface area (Å²) in [6.45, 7) is -0.107. The first-order valence-corrected chi connectivity index (χ1v) is 7.45. The molecule has 0 fully saturated rings. The third kappa shape index (κ3) is 4.71. The van der Waals surface area contributed by atoms with Gasteiger partial charge in [-0.15, -0.1) is 0 Å². The number of amides is 1. The number of halogens is 3. The van der Waals surface area contributed by atoms with E-state index in [-0.39, 0.29) is 18.2 Å². The molecule has 0 unspecified atom stereocenters. The molecule has 0 aliphatic rings. The number of likely N-dealkylation sites (N-methyl/N-ethyl adjacent to an activating group) is 1. The number of hydrogen-bond acceptors (Lipinski definition) is 5. The van der Waals surface area contributed by atoms with Crippen LogP contribution in [-0.2, 0) is 22.4 Å². The highest BCUT2D eigenvalue weighted by Gasteiger charge is 2.32. The molecule has 1 heterocycles. The monoisotopic (exact) mass is 367 g/mol. The van der Waals surface area contributed by atoms with E-state index in [9.17, 15) is 18.0 Å². The smallest absolute Gasteiger partial charge is 0.433 e. The van der Waals surface area contributed by atoms with Crippen molar-refractivity contribution in [3.8, 4) is 5.88 Å². The number of pyridine rings is 1. The highest BCUT2D eigenvalue weighted by Crippen LogP contribution is 2.28. The molecule has 0 saturated carbocycles. The number of hydrogen-bond donors (Lipinski definition) is 1. The average molecular weight is 367 g/mol. The van der Waals surface area contributed by atoms with E-state index in [0.29, 0.717) is 11.1 Å². The Hall–Kier alpha value is -3.10. The first kappa shape index (κ1) is 19.2. The molecule has 1 aromatic carbocycles. The number of ether oxygens (including phenoxy) is 1. The van der Waals surface area contributed by atoms with Crippen molar-refractivity contribution in [3.05, 3.63) is 59.3 Å². The number of carbonyl (C=O) groups is 1. The van der Waals surface area contributed by atoms with Gasteiger partial charge in [-0.1, -0.05) is 35.5 Å². The Labute approximate surface area is 147 Å². The van der Waals surface area contributed by atoms with Gasteiger partial charge in [0.2, 0.25) is 5.88 Å². The Morgan fingerprint density at radius 3 is 2.58 bits per heavy atom. The largest absolute Gasteiger partial charge is 0.473 e. The van der Waals surface area contributed by atoms with Gasteiger partial charge in [-0.2, -0.15) is 13.2 Å². The van der Waals surface area contributed by atoms with Gasteiger partial charge in [0.25, 0.3) is 5.91 Å². The highest BCUT2D eigenvalue weighted by atomic mass is 19.4. The van der Waals surface area contributed by atoms with Crippen LogP contribution in [0.4, 0.5) is 13.2 Å². The van der Waals surface area contributed by atoms with Gasteiger partial charge in [-0.25, -0.2) is 4.98 Å². The summed E-state index contributed by atoms with van der Waals surface area (Å²) in [5.41, 5.74) is -0.0618. The molecule has 0 bridgehead atoms. The number of alkyl halides is 3. The van der Waals surface area contributed by atoms with Crippen LogP contribution < -0.4 is 10.1 Å². The molecule has 2 aromatic rings. The third-order valence-corrected chi connectivity index (χ3v) is 3.29. The van der Waals surface area contributed by atoms with Crippen molar-refractivity contribution in [2.45, 2.75) is 12.8 Å². The van der Waals surface area contributed by atoms with E-state index >= 15 is 0 Å². The fraction of sp³-hybridized carbons (Fsp3) is 0.235. The third-order valence-electron chi connectivity index (χ3n) is 3.29. The Morgan fingerprint density at radius 1 is 1.19 bits per heavy atom. The summed E-state index contributed by atoms with van der Waals surface area (Å²) in [5, 5.41) is 6.16. The van der Waals surface area contributed by atoms with E-state index < -0.39 is 17.8 Å². The Bertz CT molecular complexity index is 807. The Morgan fingerprint density at radius 2 is 1.92 bits per heavy atom. The predicted octanol–water partition coefficient (Wildman–Crippen LogP) is 2.78. The second kappa shape index (κ2) is 8.32. The molecule has 0 aliphatic carbocycles. The number of oxime groups is 1. The van der Waals surface area contributed by atoms with Gasteiger partial charge in [-0.3, -0.25) is 4.79 Å². The van der Waals surface area contributed by atoms with Crippen molar-refractivity contribution >= 4 is 11.6 Å². The quantitative estimate of drug-likeness (QED) is 0.629. The number of benzene rings is 1. The van der Waals surface area contributed by atoms with E-state index in [1.807, 2.05) is 0 Å². The van der Waals surface area contributed by atoms with Gasteiger partial charge in [0.1, 0.15) is 19.4 Å². The lowest BCUT2D eigenvalue weighted by Gasteiger charge is -2.12. The molecule has 1 amide bonds. The maximum absolute atomic E-state index is 12.7. The molecule has 1 N–H and O–H groups in total. The summed E-state index contributed by atoms with van der Waals surface area (Å²) in [7, 11) is 2.74. The molecule has 0 saturated heterocycles. The molecule has 0 radical (unpaired) electrons. The number of nitrogens with one attached hydrogen (secondary N) is 1. The number of carbonyl (C=O) groups excluding carboxylic acids is 1. The van der Waals surface area contributed by atoms with Gasteiger partial charge in [0.05, 0.1) is 0 Å². The summed E-state index contributed by atoms with van der Waals surface area (Å²) >= 11 is 0. The van der Waals surface area contributed by atoms with E-state index in [1.165, 1.54) is 26.3 Å². The Balaban J connectivity index is 2.26. The lowest BCUT2D eigenvalue weighted by atomic mass is 10.0. The maximum Gasteiger partial charge on any atom is 0.433 e. The van der Waals surface area contributed by atoms with Gasteiger partial charge in [0.15, 0.2) is 5.71 Å². The first-order chi connectivity index (χ1) is 12.4. The second-order valence-corrected chi connectivity index (χ2v) is 5.01. The summed E-state index contributed by atoms with van der Waals surface area (Å²) in [6.07, 6.45) is -4.56. The minimum Gasteiger partial charge on any atom is -0.473 e. The zero-order valence-electron chi connectivity index (χ0n) is 14.0. The second-order valence-electron chi connectivity index (χ2n) is 5.01. The molecular weight excluding hydrogens is 351 g/mol. The number of aromatic nitrogens is 1. The lowest BCUT2D eigenvalue weighted by molar-refractivity contribution is -0.141. The molecule has 0 atom stereocenters. The van der Waals surface area contributed by atoms with Crippen molar-refractivity contribution in [3.63, 3.8) is 0 Å². The average Bonchev–Trinajstić information content (AvgIpc) is 2.64. The van der Waals surface area contributed by atoms with Crippen LogP contribution in [0.3, 0.4) is 0 Å². The van der Waals surface area contributed by atoms with Crippen LogP contribution in [0.1, 0.15) is 16.8 Å². The summed E-state index contributed by atoms with van der Waals surface area (Å²) < 4.78 is 43.5. The van der Waals surface area contributed by atoms with Gasteiger partial charge in [-0.05, 0) is 11.6 Å². The van der Waals surface area contributed by atoms with Crippen LogP contribution in [0, 0.1) is 0 Å². The van der Waals surface area contributed by atoms with E-state index in [2.05, 4.69) is 15.5 Å². The number of rotatable bonds is 6. The summed E-state index contributed by atoms with van der Waals surface area (Å²) in [6, 6.07) is 10.1. The van der Waals surface area contributed by atoms with Crippen molar-refractivity contribution in [1.29, 1.82) is 0 Å². The fourth-order valence-corrected chi connectivity index (χ4v) is 2.10. The van der Waals surface area contributed by atoms with Crippen molar-refractivity contribution in [1.82, 2.24) is 10.3 Å². The zero-order valence-corrected chi connectivity index (χ0v) is 14.0. The van der Waals surface area contributed by atoms with Crippen molar-refractivity contribution < 1.29 is 27.5 Å². The molecule has 6 nitrogen and oxygen atoms in total. The molecule has 0 aliphatic heterocycles. The zero-order chi connectivity index (χ0) is 19.2. The van der Waals surface area contributed by atoms with Crippen LogP contribution in [0.5, 0.6) is 5.88 Å². The molecular formula is C17H16F3N3O3. The van der Waals surface area contributed by atoms with Crippen LogP contribution in [0.15, 0.2) is 47.6 Å². The minimum absolute atomic E-state index is 0.0196. The van der Waals surface area contributed by atoms with Crippen LogP contribution in [0.2, 0.25) is 0 Å². The highest BCUT2D eigenvalue weighted by molar-refractivity contribution is 6.45. The van der Waals surface area contributed by atoms with Crippen LogP contribution in [0.25, 0.3) is 0 Å². The van der Waals surface area contributed by atoms with Crippen LogP contribution >= 0.6 is 0 Å². The van der Waals surface area contributed by atoms with Crippen molar-refractivity contribution in [2.24, 2.45) is 5.16 Å². The summed E-state index contributed by atoms with van der Waals surface area (Å²) in [4.78, 5) is 20.1. The van der Waals surface area contributed by atoms with E-state index in [4.69, 9.17) is 9.57 Å². The predicted molar refractivity (Wildman–Crippen MR) is 87.6 cm³/mol. The van der Waals surface area contributed by atoms with Gasteiger partial charge < -0.3 is 14.9 Å². The number of nitrogens with zero attached hydrogens (tertiary/aromatic N) is 2. The van der Waals surface area contributed by atoms with Gasteiger partial charge in [0, 0.05) is 18.7 Å². The standard InChI is InChI=1S/C17H16F3N3O3/c1-21-16(24)15(23-25-2)12-7-4-3-6-11(12)10-26-14-9-5-8-13(22-14)17(18,19)20/h3-9H,10H2,1-2H3,(H,21,24)/b23-15-. The van der Waals surface area contributed by atoms with E-state index in [1.54, 1.807) is 24.3 Å². The SMILES string of the molecule is CNC(=O)/C(=N\OC)c1ccccc1COc1cccc(C(F)(F)F)n1. The maximum atomic E-state index is 12.7. The Kier molecular flexibility index (Phi) is 6.16. The molecule has 26 heavy (non-hydrogen) atoms. The minimum atomic E-state index is -4.56. The van der Waals surface area contributed by atoms with Crippen LogP contribution in [-0.4, -0.2) is 30.8 Å². The molecule has 1 aromatic heterocycles. The molecule has 0 spiro atoms. The molecule has 2 rings (SSSR count). The molecule has 9 heteroatoms.